The van der Waals surface area contributed by atoms with E-state index in [1.807, 2.05) is 6.92 Å². The van der Waals surface area contributed by atoms with Gasteiger partial charge in [0.2, 0.25) is 6.79 Å². The smallest absolute Gasteiger partial charge is 0.323 e. The third-order valence-corrected chi connectivity index (χ3v) is 3.20. The Hall–Kier alpha value is -3.23. The average Bonchev–Trinajstić information content (AvgIpc) is 3.12. The minimum atomic E-state index is -0.712. The summed E-state index contributed by atoms with van der Waals surface area (Å²) >= 11 is 0. The summed E-state index contributed by atoms with van der Waals surface area (Å²) in [5, 5.41) is 9.19. The first-order valence-electron chi connectivity index (χ1n) is 6.91. The lowest BCUT2D eigenvalue weighted by Gasteiger charge is -2.07. The highest BCUT2D eigenvalue weighted by molar-refractivity contribution is 6.05. The van der Waals surface area contributed by atoms with E-state index in [2.05, 4.69) is 15.7 Å². The molecule has 0 radical (unpaired) electrons. The Morgan fingerprint density at radius 1 is 1.30 bits per heavy atom. The molecular weight excluding hydrogens is 302 g/mol. The molecule has 0 atom stereocenters. The molecule has 9 heteroatoms. The van der Waals surface area contributed by atoms with Gasteiger partial charge < -0.3 is 25.8 Å². The van der Waals surface area contributed by atoms with Crippen LogP contribution in [0.3, 0.4) is 0 Å². The number of nitrogens with two attached hydrogens (primary N) is 1. The first-order valence-corrected chi connectivity index (χ1v) is 6.91. The molecule has 0 saturated heterocycles. The molecule has 0 spiro atoms. The fourth-order valence-corrected chi connectivity index (χ4v) is 2.12. The van der Waals surface area contributed by atoms with E-state index in [1.165, 1.54) is 4.68 Å². The van der Waals surface area contributed by atoms with Gasteiger partial charge in [-0.05, 0) is 19.1 Å². The number of fused-ring (bicyclic) bond motifs is 1. The monoisotopic (exact) mass is 317 g/mol. The van der Waals surface area contributed by atoms with Crippen LogP contribution in [0.2, 0.25) is 0 Å². The Bertz CT molecular complexity index is 771. The van der Waals surface area contributed by atoms with Crippen molar-refractivity contribution in [2.45, 2.75) is 13.5 Å². The van der Waals surface area contributed by atoms with Gasteiger partial charge in [0.05, 0.1) is 5.69 Å². The number of rotatable bonds is 4. The van der Waals surface area contributed by atoms with Crippen molar-refractivity contribution in [2.24, 2.45) is 5.73 Å². The van der Waals surface area contributed by atoms with Gasteiger partial charge in [-0.2, -0.15) is 5.10 Å². The number of carbonyl (C=O) groups is 2. The largest absolute Gasteiger partial charge is 0.454 e. The zero-order valence-electron chi connectivity index (χ0n) is 12.3. The molecule has 120 valence electrons. The summed E-state index contributed by atoms with van der Waals surface area (Å²) < 4.78 is 11.9. The quantitative estimate of drug-likeness (QED) is 0.786. The lowest BCUT2D eigenvalue weighted by Crippen LogP contribution is -2.22. The molecule has 1 aromatic carbocycles. The Morgan fingerprint density at radius 3 is 2.83 bits per heavy atom. The predicted molar refractivity (Wildman–Crippen MR) is 81.6 cm³/mol. The molecule has 4 N–H and O–H groups in total. The van der Waals surface area contributed by atoms with E-state index in [-0.39, 0.29) is 18.2 Å². The van der Waals surface area contributed by atoms with Crippen molar-refractivity contribution >= 4 is 23.3 Å². The molecular formula is C14H15N5O4. The highest BCUT2D eigenvalue weighted by Crippen LogP contribution is 2.34. The molecule has 23 heavy (non-hydrogen) atoms. The number of nitrogens with one attached hydrogen (secondary N) is 2. The molecule has 0 fully saturated rings. The summed E-state index contributed by atoms with van der Waals surface area (Å²) in [6, 6.07) is 4.49. The molecule has 0 aliphatic carbocycles. The number of anilines is 2. The molecule has 2 aromatic rings. The maximum absolute atomic E-state index is 12.1. The number of carbonyl (C=O) groups excluding carboxylic acids is 2. The van der Waals surface area contributed by atoms with E-state index in [1.54, 1.807) is 24.4 Å². The number of primary amides is 1. The summed E-state index contributed by atoms with van der Waals surface area (Å²) in [5.74, 6) is 0.464. The standard InChI is InChI=1S/C14H15N5O4/c1-2-19-6-9(12(18-19)13(15)20)17-14(21)16-8-3-4-10-11(5-8)23-7-22-10/h3-6H,2,7H2,1H3,(H2,15,20)(H2,16,17,21). The fourth-order valence-electron chi connectivity index (χ4n) is 2.12. The second kappa shape index (κ2) is 5.87. The van der Waals surface area contributed by atoms with Crippen LogP contribution in [-0.2, 0) is 6.54 Å². The highest BCUT2D eigenvalue weighted by Gasteiger charge is 2.17. The van der Waals surface area contributed by atoms with E-state index in [0.717, 1.165) is 0 Å². The van der Waals surface area contributed by atoms with Gasteiger partial charge in [0.25, 0.3) is 5.91 Å². The lowest BCUT2D eigenvalue weighted by atomic mass is 10.3. The number of urea groups is 1. The maximum atomic E-state index is 12.1. The van der Waals surface area contributed by atoms with E-state index < -0.39 is 11.9 Å². The van der Waals surface area contributed by atoms with Gasteiger partial charge in [-0.25, -0.2) is 4.79 Å². The number of ether oxygens (including phenoxy) is 2. The van der Waals surface area contributed by atoms with Crippen LogP contribution in [0.25, 0.3) is 0 Å². The van der Waals surface area contributed by atoms with E-state index >= 15 is 0 Å². The Balaban J connectivity index is 1.72. The molecule has 9 nitrogen and oxygen atoms in total. The molecule has 0 unspecified atom stereocenters. The topological polar surface area (TPSA) is 121 Å². The van der Waals surface area contributed by atoms with Gasteiger partial charge >= 0.3 is 6.03 Å². The molecule has 1 aliphatic heterocycles. The zero-order valence-corrected chi connectivity index (χ0v) is 12.3. The molecule has 0 bridgehead atoms. The Morgan fingerprint density at radius 2 is 2.09 bits per heavy atom. The average molecular weight is 317 g/mol. The van der Waals surface area contributed by atoms with E-state index in [0.29, 0.717) is 23.7 Å². The fraction of sp³-hybridized carbons (Fsp3) is 0.214. The van der Waals surface area contributed by atoms with Crippen molar-refractivity contribution in [3.8, 4) is 11.5 Å². The van der Waals surface area contributed by atoms with Crippen LogP contribution in [0.4, 0.5) is 16.2 Å². The molecule has 1 aromatic heterocycles. The van der Waals surface area contributed by atoms with Crippen LogP contribution in [0, 0.1) is 0 Å². The van der Waals surface area contributed by atoms with Gasteiger partial charge in [-0.1, -0.05) is 0 Å². The number of hydrogen-bond acceptors (Lipinski definition) is 5. The third-order valence-electron chi connectivity index (χ3n) is 3.20. The van der Waals surface area contributed by atoms with Crippen LogP contribution >= 0.6 is 0 Å². The second-order valence-corrected chi connectivity index (χ2v) is 4.76. The van der Waals surface area contributed by atoms with Crippen molar-refractivity contribution in [1.29, 1.82) is 0 Å². The third kappa shape index (κ3) is 3.03. The Kier molecular flexibility index (Phi) is 3.75. The predicted octanol–water partition coefficient (Wildman–Crippen LogP) is 1.37. The maximum Gasteiger partial charge on any atom is 0.323 e. The summed E-state index contributed by atoms with van der Waals surface area (Å²) in [7, 11) is 0. The number of aryl methyl sites for hydroxylation is 1. The summed E-state index contributed by atoms with van der Waals surface area (Å²) in [6.45, 7) is 2.56. The van der Waals surface area contributed by atoms with E-state index in [4.69, 9.17) is 15.2 Å². The first kappa shape index (κ1) is 14.7. The van der Waals surface area contributed by atoms with Gasteiger partial charge in [-0.15, -0.1) is 0 Å². The molecule has 0 saturated carbocycles. The van der Waals surface area contributed by atoms with Crippen LogP contribution in [0.1, 0.15) is 17.4 Å². The molecule has 2 heterocycles. The van der Waals surface area contributed by atoms with Crippen molar-refractivity contribution < 1.29 is 19.1 Å². The van der Waals surface area contributed by atoms with Gasteiger partial charge in [0, 0.05) is 24.5 Å². The minimum absolute atomic E-state index is 0.00712. The SMILES string of the molecule is CCn1cc(NC(=O)Nc2ccc3c(c2)OCO3)c(C(N)=O)n1. The van der Waals surface area contributed by atoms with Gasteiger partial charge in [0.1, 0.15) is 0 Å². The summed E-state index contributed by atoms with van der Waals surface area (Å²) in [5.41, 5.74) is 6.03. The molecule has 3 amide bonds. The lowest BCUT2D eigenvalue weighted by molar-refractivity contribution is 0.0995. The van der Waals surface area contributed by atoms with Crippen molar-refractivity contribution in [3.63, 3.8) is 0 Å². The first-order chi connectivity index (χ1) is 11.1. The minimum Gasteiger partial charge on any atom is -0.454 e. The van der Waals surface area contributed by atoms with Crippen LogP contribution in [0.15, 0.2) is 24.4 Å². The van der Waals surface area contributed by atoms with E-state index in [9.17, 15) is 9.59 Å². The van der Waals surface area contributed by atoms with Gasteiger partial charge in [0.15, 0.2) is 17.2 Å². The zero-order chi connectivity index (χ0) is 16.4. The second-order valence-electron chi connectivity index (χ2n) is 4.76. The number of aromatic nitrogens is 2. The van der Waals surface area contributed by atoms with Crippen molar-refractivity contribution in [3.05, 3.63) is 30.1 Å². The molecule has 1 aliphatic rings. The van der Waals surface area contributed by atoms with Crippen molar-refractivity contribution in [2.75, 3.05) is 17.4 Å². The highest BCUT2D eigenvalue weighted by atomic mass is 16.7. The number of hydrogen-bond donors (Lipinski definition) is 3. The summed E-state index contributed by atoms with van der Waals surface area (Å²) in [4.78, 5) is 23.4. The van der Waals surface area contributed by atoms with Gasteiger partial charge in [-0.3, -0.25) is 9.48 Å². The molecule has 3 rings (SSSR count). The summed E-state index contributed by atoms with van der Waals surface area (Å²) in [6.07, 6.45) is 1.54. The van der Waals surface area contributed by atoms with Crippen LogP contribution in [0.5, 0.6) is 11.5 Å². The number of nitrogens with zero attached hydrogens (tertiary/aromatic N) is 2. The van der Waals surface area contributed by atoms with Crippen LogP contribution < -0.4 is 25.8 Å². The Labute approximate surface area is 131 Å². The normalized spacial score (nSPS) is 12.0. The number of benzene rings is 1. The number of amides is 3. The van der Waals surface area contributed by atoms with Crippen molar-refractivity contribution in [1.82, 2.24) is 9.78 Å². The van der Waals surface area contributed by atoms with Crippen LogP contribution in [-0.4, -0.2) is 28.5 Å².